The van der Waals surface area contributed by atoms with Gasteiger partial charge in [0.15, 0.2) is 5.69 Å². The highest BCUT2D eigenvalue weighted by molar-refractivity contribution is 5.92. The number of nitrogens with zero attached hydrogens (tertiary/aromatic N) is 3. The molecule has 0 saturated heterocycles. The molecule has 1 aromatic carbocycles. The number of hydrogen-bond acceptors (Lipinski definition) is 4. The van der Waals surface area contributed by atoms with Gasteiger partial charge in [0, 0.05) is 11.3 Å². The van der Waals surface area contributed by atoms with E-state index in [1.165, 1.54) is 0 Å². The van der Waals surface area contributed by atoms with E-state index in [4.69, 9.17) is 5.73 Å². The van der Waals surface area contributed by atoms with E-state index in [-0.39, 0.29) is 11.7 Å². The summed E-state index contributed by atoms with van der Waals surface area (Å²) in [6.45, 7) is 4.09. The molecule has 6 heteroatoms. The Morgan fingerprint density at radius 2 is 1.90 bits per heavy atom. The number of nitrogen functional groups attached to an aromatic ring is 1. The molecule has 0 bridgehead atoms. The number of hydrogen-bond donors (Lipinski definition) is 2. The summed E-state index contributed by atoms with van der Waals surface area (Å²) in [4.78, 5) is 11.3. The number of benzene rings is 1. The zero-order valence-corrected chi connectivity index (χ0v) is 11.6. The first-order valence-corrected chi connectivity index (χ1v) is 6.62. The number of aromatic nitrogens is 3. The van der Waals surface area contributed by atoms with Crippen molar-refractivity contribution in [2.45, 2.75) is 32.7 Å². The van der Waals surface area contributed by atoms with Crippen molar-refractivity contribution in [3.8, 4) is 11.3 Å². The van der Waals surface area contributed by atoms with Crippen LogP contribution in [0, 0.1) is 0 Å². The molecule has 0 fully saturated rings. The summed E-state index contributed by atoms with van der Waals surface area (Å²) < 4.78 is 1.70. The van der Waals surface area contributed by atoms with Crippen LogP contribution >= 0.6 is 0 Å². The lowest BCUT2D eigenvalue weighted by atomic mass is 10.1. The fourth-order valence-corrected chi connectivity index (χ4v) is 2.24. The van der Waals surface area contributed by atoms with Gasteiger partial charge in [0.25, 0.3) is 0 Å². The topological polar surface area (TPSA) is 94.0 Å². The summed E-state index contributed by atoms with van der Waals surface area (Å²) in [5.74, 6) is -1.07. The monoisotopic (exact) mass is 274 g/mol. The third kappa shape index (κ3) is 2.49. The molecule has 0 spiro atoms. The molecular formula is C14H18N4O2. The van der Waals surface area contributed by atoms with Crippen LogP contribution in [0.3, 0.4) is 0 Å². The van der Waals surface area contributed by atoms with Crippen LogP contribution in [0.5, 0.6) is 0 Å². The van der Waals surface area contributed by atoms with Gasteiger partial charge < -0.3 is 10.8 Å². The number of carboxylic acid groups (broad SMARTS) is 1. The van der Waals surface area contributed by atoms with Gasteiger partial charge in [0.2, 0.25) is 0 Å². The van der Waals surface area contributed by atoms with Gasteiger partial charge in [0.1, 0.15) is 5.69 Å². The van der Waals surface area contributed by atoms with Gasteiger partial charge in [0.05, 0.1) is 6.04 Å². The summed E-state index contributed by atoms with van der Waals surface area (Å²) in [7, 11) is 0. The van der Waals surface area contributed by atoms with Gasteiger partial charge in [-0.1, -0.05) is 31.2 Å². The fourth-order valence-electron chi connectivity index (χ4n) is 2.24. The molecule has 2 rings (SSSR count). The number of anilines is 1. The lowest BCUT2D eigenvalue weighted by Gasteiger charge is -2.16. The third-order valence-electron chi connectivity index (χ3n) is 3.37. The molecule has 1 heterocycles. The minimum atomic E-state index is -1.07. The molecule has 0 radical (unpaired) electrons. The summed E-state index contributed by atoms with van der Waals surface area (Å²) in [5.41, 5.74) is 7.57. The van der Waals surface area contributed by atoms with Crippen molar-refractivity contribution in [1.29, 1.82) is 0 Å². The van der Waals surface area contributed by atoms with E-state index in [0.717, 1.165) is 18.4 Å². The Labute approximate surface area is 117 Å². The summed E-state index contributed by atoms with van der Waals surface area (Å²) >= 11 is 0. The van der Waals surface area contributed by atoms with E-state index < -0.39 is 5.97 Å². The molecule has 20 heavy (non-hydrogen) atoms. The van der Waals surface area contributed by atoms with E-state index in [9.17, 15) is 9.90 Å². The Morgan fingerprint density at radius 1 is 1.30 bits per heavy atom. The first-order valence-electron chi connectivity index (χ1n) is 6.62. The number of aromatic carboxylic acids is 1. The SMILES string of the molecule is CCC(CC)n1nnc(C(=O)O)c1-c1ccc(N)cc1. The van der Waals surface area contributed by atoms with Gasteiger partial charge in [-0.15, -0.1) is 5.10 Å². The van der Waals surface area contributed by atoms with Gasteiger partial charge in [-0.05, 0) is 25.0 Å². The predicted molar refractivity (Wildman–Crippen MR) is 76.4 cm³/mol. The lowest BCUT2D eigenvalue weighted by Crippen LogP contribution is -2.11. The van der Waals surface area contributed by atoms with Crippen LogP contribution in [0.4, 0.5) is 5.69 Å². The minimum absolute atomic E-state index is 0.0262. The van der Waals surface area contributed by atoms with E-state index in [2.05, 4.69) is 10.3 Å². The van der Waals surface area contributed by atoms with Crippen LogP contribution in [-0.4, -0.2) is 26.1 Å². The average molecular weight is 274 g/mol. The molecule has 0 saturated carbocycles. The molecule has 0 aliphatic carbocycles. The molecule has 0 atom stereocenters. The van der Waals surface area contributed by atoms with Crippen molar-refractivity contribution in [1.82, 2.24) is 15.0 Å². The summed E-state index contributed by atoms with van der Waals surface area (Å²) in [5, 5.41) is 17.1. The Kier molecular flexibility index (Phi) is 4.02. The highest BCUT2D eigenvalue weighted by Gasteiger charge is 2.23. The maximum atomic E-state index is 11.3. The molecule has 3 N–H and O–H groups in total. The molecular weight excluding hydrogens is 256 g/mol. The van der Waals surface area contributed by atoms with Crippen molar-refractivity contribution in [3.05, 3.63) is 30.0 Å². The normalized spacial score (nSPS) is 10.9. The van der Waals surface area contributed by atoms with Crippen molar-refractivity contribution in [2.24, 2.45) is 0 Å². The Hall–Kier alpha value is -2.37. The molecule has 1 aromatic heterocycles. The molecule has 0 unspecified atom stereocenters. The quantitative estimate of drug-likeness (QED) is 0.817. The number of nitrogens with two attached hydrogens (primary N) is 1. The third-order valence-corrected chi connectivity index (χ3v) is 3.37. The van der Waals surface area contributed by atoms with Gasteiger partial charge in [-0.25, -0.2) is 9.48 Å². The second kappa shape index (κ2) is 5.73. The first-order chi connectivity index (χ1) is 9.58. The largest absolute Gasteiger partial charge is 0.476 e. The van der Waals surface area contributed by atoms with Crippen molar-refractivity contribution < 1.29 is 9.90 Å². The maximum absolute atomic E-state index is 11.3. The second-order valence-electron chi connectivity index (χ2n) is 4.63. The lowest BCUT2D eigenvalue weighted by molar-refractivity contribution is 0.0691. The number of carboxylic acids is 1. The van der Waals surface area contributed by atoms with E-state index in [1.807, 2.05) is 13.8 Å². The Bertz CT molecular complexity index is 600. The smallest absolute Gasteiger partial charge is 0.358 e. The van der Waals surface area contributed by atoms with Crippen LogP contribution in [0.2, 0.25) is 0 Å². The van der Waals surface area contributed by atoms with Crippen molar-refractivity contribution >= 4 is 11.7 Å². The predicted octanol–water partition coefficient (Wildman–Crippen LogP) is 2.59. The molecule has 0 aliphatic rings. The fraction of sp³-hybridized carbons (Fsp3) is 0.357. The highest BCUT2D eigenvalue weighted by atomic mass is 16.4. The average Bonchev–Trinajstić information content (AvgIpc) is 2.86. The van der Waals surface area contributed by atoms with E-state index in [0.29, 0.717) is 11.4 Å². The second-order valence-corrected chi connectivity index (χ2v) is 4.63. The number of rotatable bonds is 5. The van der Waals surface area contributed by atoms with E-state index in [1.54, 1.807) is 28.9 Å². The van der Waals surface area contributed by atoms with Crippen molar-refractivity contribution in [2.75, 3.05) is 5.73 Å². The molecule has 0 amide bonds. The highest BCUT2D eigenvalue weighted by Crippen LogP contribution is 2.28. The zero-order valence-electron chi connectivity index (χ0n) is 11.6. The van der Waals surface area contributed by atoms with Gasteiger partial charge in [-0.3, -0.25) is 0 Å². The van der Waals surface area contributed by atoms with Crippen LogP contribution in [-0.2, 0) is 0 Å². The Balaban J connectivity index is 2.60. The first kappa shape index (κ1) is 14.0. The standard InChI is InChI=1S/C14H18N4O2/c1-3-11(4-2)18-13(12(14(19)20)16-17-18)9-5-7-10(15)8-6-9/h5-8,11H,3-4,15H2,1-2H3,(H,19,20). The van der Waals surface area contributed by atoms with Gasteiger partial charge >= 0.3 is 5.97 Å². The minimum Gasteiger partial charge on any atom is -0.476 e. The van der Waals surface area contributed by atoms with Crippen LogP contribution in [0.15, 0.2) is 24.3 Å². The van der Waals surface area contributed by atoms with E-state index >= 15 is 0 Å². The van der Waals surface area contributed by atoms with Gasteiger partial charge in [-0.2, -0.15) is 0 Å². The summed E-state index contributed by atoms with van der Waals surface area (Å²) in [6.07, 6.45) is 1.72. The summed E-state index contributed by atoms with van der Waals surface area (Å²) in [6, 6.07) is 7.19. The number of carbonyl (C=O) groups is 1. The van der Waals surface area contributed by atoms with Crippen molar-refractivity contribution in [3.63, 3.8) is 0 Å². The van der Waals surface area contributed by atoms with Crippen LogP contribution in [0.1, 0.15) is 43.2 Å². The Morgan fingerprint density at radius 3 is 2.40 bits per heavy atom. The molecule has 106 valence electrons. The molecule has 0 aliphatic heterocycles. The molecule has 6 nitrogen and oxygen atoms in total. The van der Waals surface area contributed by atoms with Crippen LogP contribution < -0.4 is 5.73 Å². The van der Waals surface area contributed by atoms with Crippen LogP contribution in [0.25, 0.3) is 11.3 Å². The maximum Gasteiger partial charge on any atom is 0.358 e. The molecule has 2 aromatic rings. The zero-order chi connectivity index (χ0) is 14.7.